The maximum absolute atomic E-state index is 6.19. The zero-order valence-corrected chi connectivity index (χ0v) is 15.0. The lowest BCUT2D eigenvalue weighted by atomic mass is 9.84. The van der Waals surface area contributed by atoms with Gasteiger partial charge in [0.15, 0.2) is 0 Å². The Morgan fingerprint density at radius 3 is 2.67 bits per heavy atom. The molecule has 1 aliphatic heterocycles. The molecule has 0 bridgehead atoms. The fourth-order valence-electron chi connectivity index (χ4n) is 3.85. The molecule has 0 saturated heterocycles. The van der Waals surface area contributed by atoms with E-state index in [0.717, 1.165) is 18.3 Å². The molecule has 4 heteroatoms. The number of hydrogen-bond acceptors (Lipinski definition) is 4. The quantitative estimate of drug-likeness (QED) is 0.804. The molecule has 4 nitrogen and oxygen atoms in total. The number of hydrazine groups is 1. The Morgan fingerprint density at radius 2 is 1.96 bits per heavy atom. The number of benzene rings is 1. The van der Waals surface area contributed by atoms with Crippen molar-refractivity contribution >= 4 is 0 Å². The zero-order chi connectivity index (χ0) is 16.8. The van der Waals surface area contributed by atoms with Gasteiger partial charge in [0.25, 0.3) is 0 Å². The molecule has 24 heavy (non-hydrogen) atoms. The number of likely N-dealkylation sites (N-methyl/N-ethyl adjacent to an activating group) is 1. The van der Waals surface area contributed by atoms with Gasteiger partial charge in [-0.2, -0.15) is 0 Å². The molecule has 1 heterocycles. The maximum atomic E-state index is 6.19. The third kappa shape index (κ3) is 4.31. The van der Waals surface area contributed by atoms with Gasteiger partial charge in [-0.1, -0.05) is 49.6 Å². The van der Waals surface area contributed by atoms with E-state index in [-0.39, 0.29) is 0 Å². The van der Waals surface area contributed by atoms with Gasteiger partial charge in [-0.25, -0.2) is 5.43 Å². The zero-order valence-electron chi connectivity index (χ0n) is 15.0. The Hall–Kier alpha value is -1.52. The van der Waals surface area contributed by atoms with E-state index in [1.165, 1.54) is 37.7 Å². The van der Waals surface area contributed by atoms with Crippen molar-refractivity contribution in [2.45, 2.75) is 57.7 Å². The van der Waals surface area contributed by atoms with Crippen LogP contribution in [0.15, 0.2) is 42.3 Å². The van der Waals surface area contributed by atoms with E-state index in [2.05, 4.69) is 53.0 Å². The van der Waals surface area contributed by atoms with Gasteiger partial charge in [0.2, 0.25) is 5.88 Å². The minimum absolute atomic E-state index is 0.298. The molecule has 132 valence electrons. The lowest BCUT2D eigenvalue weighted by Gasteiger charge is -2.36. The van der Waals surface area contributed by atoms with Crippen LogP contribution in [0.3, 0.4) is 0 Å². The van der Waals surface area contributed by atoms with E-state index in [4.69, 9.17) is 4.74 Å². The third-order valence-corrected chi connectivity index (χ3v) is 5.28. The van der Waals surface area contributed by atoms with E-state index in [1.54, 1.807) is 0 Å². The van der Waals surface area contributed by atoms with Gasteiger partial charge in [0, 0.05) is 12.6 Å². The molecular formula is C20H31N3O. The highest BCUT2D eigenvalue weighted by Gasteiger charge is 2.32. The van der Waals surface area contributed by atoms with Crippen LogP contribution in [0.4, 0.5) is 0 Å². The van der Waals surface area contributed by atoms with Crippen LogP contribution in [-0.2, 0) is 11.3 Å². The van der Waals surface area contributed by atoms with Gasteiger partial charge >= 0.3 is 0 Å². The minimum Gasteiger partial charge on any atom is -0.473 e. The van der Waals surface area contributed by atoms with Crippen molar-refractivity contribution in [3.63, 3.8) is 0 Å². The lowest BCUT2D eigenvalue weighted by Crippen LogP contribution is -2.48. The van der Waals surface area contributed by atoms with Crippen molar-refractivity contribution in [1.29, 1.82) is 0 Å². The SMILES string of the molecule is CNCC1C=C(OCc2ccccc2)N(C(C)C2CCCCC2)N1. The summed E-state index contributed by atoms with van der Waals surface area (Å²) in [4.78, 5) is 0. The molecule has 1 saturated carbocycles. The number of hydrogen-bond donors (Lipinski definition) is 2. The van der Waals surface area contributed by atoms with E-state index in [9.17, 15) is 0 Å². The number of nitrogens with one attached hydrogen (secondary N) is 2. The summed E-state index contributed by atoms with van der Waals surface area (Å²) in [6.07, 6.45) is 9.02. The van der Waals surface area contributed by atoms with Crippen LogP contribution in [0.2, 0.25) is 0 Å². The van der Waals surface area contributed by atoms with E-state index in [1.807, 2.05) is 13.1 Å². The van der Waals surface area contributed by atoms with Gasteiger partial charge in [-0.3, -0.25) is 5.01 Å². The highest BCUT2D eigenvalue weighted by Crippen LogP contribution is 2.31. The monoisotopic (exact) mass is 329 g/mol. The molecule has 1 aliphatic carbocycles. The molecule has 0 amide bonds. The molecular weight excluding hydrogens is 298 g/mol. The molecule has 3 rings (SSSR count). The van der Waals surface area contributed by atoms with Crippen molar-refractivity contribution in [1.82, 2.24) is 15.8 Å². The van der Waals surface area contributed by atoms with Gasteiger partial charge in [-0.15, -0.1) is 0 Å². The highest BCUT2D eigenvalue weighted by atomic mass is 16.5. The number of ether oxygens (including phenoxy) is 1. The summed E-state index contributed by atoms with van der Waals surface area (Å²) < 4.78 is 6.19. The first-order chi connectivity index (χ1) is 11.8. The molecule has 2 atom stereocenters. The first-order valence-electron chi connectivity index (χ1n) is 9.36. The maximum Gasteiger partial charge on any atom is 0.202 e. The van der Waals surface area contributed by atoms with Crippen molar-refractivity contribution in [2.24, 2.45) is 5.92 Å². The molecule has 2 N–H and O–H groups in total. The van der Waals surface area contributed by atoms with Crippen LogP contribution in [0.1, 0.15) is 44.6 Å². The summed E-state index contributed by atoms with van der Waals surface area (Å²) in [6.45, 7) is 3.87. The highest BCUT2D eigenvalue weighted by molar-refractivity contribution is 5.15. The predicted octanol–water partition coefficient (Wildman–Crippen LogP) is 3.42. The van der Waals surface area contributed by atoms with Crippen molar-refractivity contribution < 1.29 is 4.74 Å². The average Bonchev–Trinajstić information content (AvgIpc) is 3.04. The van der Waals surface area contributed by atoms with Crippen LogP contribution >= 0.6 is 0 Å². The second-order valence-electron chi connectivity index (χ2n) is 7.08. The summed E-state index contributed by atoms with van der Waals surface area (Å²) in [7, 11) is 1.99. The standard InChI is InChI=1S/C20H31N3O/c1-16(18-11-7-4-8-12-18)23-20(13-19(22-23)14-21-2)24-15-17-9-5-3-6-10-17/h3,5-6,9-10,13,16,18-19,21-22H,4,7-8,11-12,14-15H2,1-2H3. The summed E-state index contributed by atoms with van der Waals surface area (Å²) in [5.41, 5.74) is 4.84. The van der Waals surface area contributed by atoms with Crippen LogP contribution < -0.4 is 10.7 Å². The summed E-state index contributed by atoms with van der Waals surface area (Å²) in [6, 6.07) is 11.2. The van der Waals surface area contributed by atoms with Crippen LogP contribution in [0.5, 0.6) is 0 Å². The first-order valence-corrected chi connectivity index (χ1v) is 9.36. The largest absolute Gasteiger partial charge is 0.473 e. The van der Waals surface area contributed by atoms with Gasteiger partial charge in [-0.05, 0) is 44.4 Å². The Bertz CT molecular complexity index is 525. The molecule has 1 aromatic carbocycles. The lowest BCUT2D eigenvalue weighted by molar-refractivity contribution is 0.0318. The summed E-state index contributed by atoms with van der Waals surface area (Å²) >= 11 is 0. The normalized spacial score (nSPS) is 23.2. The first kappa shape index (κ1) is 17.3. The van der Waals surface area contributed by atoms with Crippen molar-refractivity contribution in [2.75, 3.05) is 13.6 Å². The minimum atomic E-state index is 0.298. The van der Waals surface area contributed by atoms with Crippen LogP contribution in [0.25, 0.3) is 0 Å². The van der Waals surface area contributed by atoms with E-state index in [0.29, 0.717) is 18.7 Å². The Morgan fingerprint density at radius 1 is 1.21 bits per heavy atom. The number of rotatable bonds is 7. The van der Waals surface area contributed by atoms with Crippen LogP contribution in [-0.4, -0.2) is 30.7 Å². The summed E-state index contributed by atoms with van der Waals surface area (Å²) in [5, 5.41) is 5.53. The van der Waals surface area contributed by atoms with Gasteiger partial charge in [0.05, 0.1) is 6.04 Å². The topological polar surface area (TPSA) is 36.5 Å². The predicted molar refractivity (Wildman–Crippen MR) is 98.0 cm³/mol. The molecule has 2 unspecified atom stereocenters. The fourth-order valence-corrected chi connectivity index (χ4v) is 3.85. The summed E-state index contributed by atoms with van der Waals surface area (Å²) in [5.74, 6) is 1.74. The molecule has 0 radical (unpaired) electrons. The van der Waals surface area contributed by atoms with E-state index >= 15 is 0 Å². The molecule has 1 fully saturated rings. The smallest absolute Gasteiger partial charge is 0.202 e. The molecule has 2 aliphatic rings. The Balaban J connectivity index is 1.65. The number of nitrogens with zero attached hydrogens (tertiary/aromatic N) is 1. The molecule has 0 spiro atoms. The van der Waals surface area contributed by atoms with E-state index < -0.39 is 0 Å². The Labute approximate surface area is 146 Å². The Kier molecular flexibility index (Phi) is 6.16. The molecule has 0 aromatic heterocycles. The third-order valence-electron chi connectivity index (χ3n) is 5.28. The molecule has 1 aromatic rings. The van der Waals surface area contributed by atoms with Crippen molar-refractivity contribution in [3.05, 3.63) is 47.9 Å². The van der Waals surface area contributed by atoms with Gasteiger partial charge in [0.1, 0.15) is 6.61 Å². The second kappa shape index (κ2) is 8.54. The average molecular weight is 329 g/mol. The van der Waals surface area contributed by atoms with Crippen LogP contribution in [0, 0.1) is 5.92 Å². The fraction of sp³-hybridized carbons (Fsp3) is 0.600. The van der Waals surface area contributed by atoms with Crippen molar-refractivity contribution in [3.8, 4) is 0 Å². The second-order valence-corrected chi connectivity index (χ2v) is 7.08. The van der Waals surface area contributed by atoms with Gasteiger partial charge < -0.3 is 10.1 Å².